The van der Waals surface area contributed by atoms with Crippen LogP contribution in [0, 0.1) is 11.6 Å². The van der Waals surface area contributed by atoms with Crippen molar-refractivity contribution >= 4 is 11.6 Å². The molecule has 2 aromatic rings. The van der Waals surface area contributed by atoms with Crippen LogP contribution in [-0.2, 0) is 4.79 Å². The Bertz CT molecular complexity index is 740. The molecule has 1 atom stereocenters. The van der Waals surface area contributed by atoms with Gasteiger partial charge in [0.25, 0.3) is 0 Å². The highest BCUT2D eigenvalue weighted by Gasteiger charge is 2.23. The zero-order chi connectivity index (χ0) is 18.4. The fraction of sp³-hybridized carbons (Fsp3) is 0.350. The van der Waals surface area contributed by atoms with Crippen molar-refractivity contribution in [2.45, 2.75) is 25.3 Å². The van der Waals surface area contributed by atoms with Crippen LogP contribution in [0.3, 0.4) is 0 Å². The maximum atomic E-state index is 13.3. The average Bonchev–Trinajstić information content (AvgIpc) is 2.66. The number of hydrogen-bond acceptors (Lipinski definition) is 3. The highest BCUT2D eigenvalue weighted by molar-refractivity contribution is 5.76. The van der Waals surface area contributed by atoms with E-state index in [1.807, 2.05) is 30.3 Å². The van der Waals surface area contributed by atoms with E-state index < -0.39 is 11.6 Å². The number of nitrogens with zero attached hydrogens (tertiary/aromatic N) is 1. The van der Waals surface area contributed by atoms with Crippen LogP contribution in [0.5, 0.6) is 5.75 Å². The molecule has 0 aromatic heterocycles. The van der Waals surface area contributed by atoms with Crippen molar-refractivity contribution in [2.75, 3.05) is 25.0 Å². The second kappa shape index (κ2) is 8.65. The molecular formula is C20H22F2N2O2. The molecule has 0 bridgehead atoms. The minimum atomic E-state index is -0.878. The van der Waals surface area contributed by atoms with Crippen LogP contribution >= 0.6 is 0 Å². The summed E-state index contributed by atoms with van der Waals surface area (Å²) < 4.78 is 31.9. The fourth-order valence-electron chi connectivity index (χ4n) is 3.07. The van der Waals surface area contributed by atoms with E-state index in [0.29, 0.717) is 31.8 Å². The third kappa shape index (κ3) is 4.94. The number of benzene rings is 2. The highest BCUT2D eigenvalue weighted by Crippen LogP contribution is 2.19. The maximum absolute atomic E-state index is 13.3. The molecule has 0 unspecified atom stereocenters. The van der Waals surface area contributed by atoms with Gasteiger partial charge in [-0.15, -0.1) is 0 Å². The molecule has 1 fully saturated rings. The Hall–Kier alpha value is -2.63. The SMILES string of the molecule is O=C(CCOc1ccccc1)N1CCC[C@@H](Nc2ccc(F)c(F)c2)C1. The van der Waals surface area contributed by atoms with Gasteiger partial charge < -0.3 is 15.0 Å². The van der Waals surface area contributed by atoms with E-state index in [4.69, 9.17) is 4.74 Å². The van der Waals surface area contributed by atoms with Crippen LogP contribution < -0.4 is 10.1 Å². The van der Waals surface area contributed by atoms with Gasteiger partial charge >= 0.3 is 0 Å². The smallest absolute Gasteiger partial charge is 0.226 e. The lowest BCUT2D eigenvalue weighted by Crippen LogP contribution is -2.45. The molecule has 1 amide bonds. The average molecular weight is 360 g/mol. The lowest BCUT2D eigenvalue weighted by molar-refractivity contribution is -0.132. The van der Waals surface area contributed by atoms with Crippen LogP contribution in [0.4, 0.5) is 14.5 Å². The van der Waals surface area contributed by atoms with Gasteiger partial charge in [0.2, 0.25) is 5.91 Å². The number of anilines is 1. The van der Waals surface area contributed by atoms with Crippen molar-refractivity contribution < 1.29 is 18.3 Å². The predicted octanol–water partition coefficient (Wildman–Crippen LogP) is 3.84. The van der Waals surface area contributed by atoms with Crippen LogP contribution in [0.15, 0.2) is 48.5 Å². The summed E-state index contributed by atoms with van der Waals surface area (Å²) in [7, 11) is 0. The molecule has 1 N–H and O–H groups in total. The van der Waals surface area contributed by atoms with Gasteiger partial charge in [0.15, 0.2) is 11.6 Å². The molecule has 2 aromatic carbocycles. The number of carbonyl (C=O) groups excluding carboxylic acids is 1. The standard InChI is InChI=1S/C20H22F2N2O2/c21-18-9-8-15(13-19(18)22)23-16-5-4-11-24(14-16)20(25)10-12-26-17-6-2-1-3-7-17/h1-3,6-9,13,16,23H,4-5,10-12,14H2/t16-/m1/s1. The summed E-state index contributed by atoms with van der Waals surface area (Å²) in [5.41, 5.74) is 0.524. The number of likely N-dealkylation sites (tertiary alicyclic amines) is 1. The van der Waals surface area contributed by atoms with Crippen molar-refractivity contribution in [3.8, 4) is 5.75 Å². The Morgan fingerprint density at radius 3 is 2.73 bits per heavy atom. The number of rotatable bonds is 6. The van der Waals surface area contributed by atoms with Gasteiger partial charge in [-0.1, -0.05) is 18.2 Å². The zero-order valence-electron chi connectivity index (χ0n) is 14.5. The predicted molar refractivity (Wildman–Crippen MR) is 96.1 cm³/mol. The van der Waals surface area contributed by atoms with Crippen molar-refractivity contribution in [3.63, 3.8) is 0 Å². The van der Waals surface area contributed by atoms with Gasteiger partial charge in [-0.05, 0) is 37.1 Å². The third-order valence-electron chi connectivity index (χ3n) is 4.39. The number of amides is 1. The second-order valence-corrected chi connectivity index (χ2v) is 6.36. The normalized spacial score (nSPS) is 17.0. The van der Waals surface area contributed by atoms with Crippen molar-refractivity contribution in [3.05, 3.63) is 60.2 Å². The second-order valence-electron chi connectivity index (χ2n) is 6.36. The number of para-hydroxylation sites is 1. The number of nitrogens with one attached hydrogen (secondary N) is 1. The third-order valence-corrected chi connectivity index (χ3v) is 4.39. The summed E-state index contributed by atoms with van der Waals surface area (Å²) in [6, 6.07) is 13.2. The van der Waals surface area contributed by atoms with Crippen molar-refractivity contribution in [1.29, 1.82) is 0 Å². The summed E-state index contributed by atoms with van der Waals surface area (Å²) in [4.78, 5) is 14.2. The first kappa shape index (κ1) is 18.2. The molecule has 1 heterocycles. The van der Waals surface area contributed by atoms with Gasteiger partial charge in [-0.2, -0.15) is 0 Å². The van der Waals surface area contributed by atoms with Crippen molar-refractivity contribution in [1.82, 2.24) is 4.90 Å². The Balaban J connectivity index is 1.47. The summed E-state index contributed by atoms with van der Waals surface area (Å²) in [5.74, 6) is -0.958. The molecule has 26 heavy (non-hydrogen) atoms. The van der Waals surface area contributed by atoms with Gasteiger partial charge in [-0.3, -0.25) is 4.79 Å². The van der Waals surface area contributed by atoms with Crippen LogP contribution in [0.25, 0.3) is 0 Å². The van der Waals surface area contributed by atoms with E-state index in [-0.39, 0.29) is 11.9 Å². The summed E-state index contributed by atoms with van der Waals surface area (Å²) in [6.07, 6.45) is 2.06. The lowest BCUT2D eigenvalue weighted by Gasteiger charge is -2.33. The van der Waals surface area contributed by atoms with E-state index in [1.165, 1.54) is 6.07 Å². The molecule has 0 spiro atoms. The van der Waals surface area contributed by atoms with Gasteiger partial charge in [-0.25, -0.2) is 8.78 Å². The summed E-state index contributed by atoms with van der Waals surface area (Å²) in [5, 5.41) is 3.18. The van der Waals surface area contributed by atoms with Crippen LogP contribution in [-0.4, -0.2) is 36.5 Å². The largest absolute Gasteiger partial charge is 0.493 e. The molecule has 138 valence electrons. The Labute approximate surface area is 151 Å². The topological polar surface area (TPSA) is 41.6 Å². The summed E-state index contributed by atoms with van der Waals surface area (Å²) in [6.45, 7) is 1.59. The molecule has 6 heteroatoms. The van der Waals surface area contributed by atoms with E-state index in [9.17, 15) is 13.6 Å². The number of hydrogen-bond donors (Lipinski definition) is 1. The van der Waals surface area contributed by atoms with E-state index in [0.717, 1.165) is 30.7 Å². The maximum Gasteiger partial charge on any atom is 0.226 e. The van der Waals surface area contributed by atoms with Crippen LogP contribution in [0.1, 0.15) is 19.3 Å². The number of ether oxygens (including phenoxy) is 1. The first-order valence-corrected chi connectivity index (χ1v) is 8.79. The molecule has 1 aliphatic heterocycles. The molecule has 1 aliphatic rings. The molecule has 0 radical (unpaired) electrons. The first-order chi connectivity index (χ1) is 12.6. The molecule has 1 saturated heterocycles. The van der Waals surface area contributed by atoms with Crippen molar-refractivity contribution in [2.24, 2.45) is 0 Å². The zero-order valence-corrected chi connectivity index (χ0v) is 14.5. The Kier molecular flexibility index (Phi) is 6.04. The van der Waals surface area contributed by atoms with Crippen LogP contribution in [0.2, 0.25) is 0 Å². The Morgan fingerprint density at radius 1 is 1.15 bits per heavy atom. The van der Waals surface area contributed by atoms with Gasteiger partial charge in [0, 0.05) is 30.9 Å². The monoisotopic (exact) mass is 360 g/mol. The van der Waals surface area contributed by atoms with E-state index in [1.54, 1.807) is 4.90 Å². The number of carbonyl (C=O) groups is 1. The quantitative estimate of drug-likeness (QED) is 0.851. The summed E-state index contributed by atoms with van der Waals surface area (Å²) >= 11 is 0. The van der Waals surface area contributed by atoms with Gasteiger partial charge in [0.05, 0.1) is 13.0 Å². The molecule has 4 nitrogen and oxygen atoms in total. The molecule has 0 aliphatic carbocycles. The number of halogens is 2. The highest BCUT2D eigenvalue weighted by atomic mass is 19.2. The fourth-order valence-corrected chi connectivity index (χ4v) is 3.07. The van der Waals surface area contributed by atoms with E-state index in [2.05, 4.69) is 5.32 Å². The Morgan fingerprint density at radius 2 is 1.96 bits per heavy atom. The van der Waals surface area contributed by atoms with E-state index >= 15 is 0 Å². The molecule has 3 rings (SSSR count). The minimum absolute atomic E-state index is 0.0209. The molecular weight excluding hydrogens is 338 g/mol. The molecule has 0 saturated carbocycles. The lowest BCUT2D eigenvalue weighted by atomic mass is 10.0. The van der Waals surface area contributed by atoms with Gasteiger partial charge in [0.1, 0.15) is 5.75 Å². The first-order valence-electron chi connectivity index (χ1n) is 8.79. The minimum Gasteiger partial charge on any atom is -0.493 e. The number of piperidine rings is 1.